The molecule has 0 bridgehead atoms. The number of sulfonamides is 1. The second-order valence-corrected chi connectivity index (χ2v) is 5.89. The van der Waals surface area contributed by atoms with Crippen LogP contribution in [0.2, 0.25) is 0 Å². The molecule has 2 rings (SSSR count). The van der Waals surface area contributed by atoms with Gasteiger partial charge in [0.05, 0.1) is 19.3 Å². The molecule has 1 aromatic rings. The molecule has 1 aliphatic heterocycles. The highest BCUT2D eigenvalue weighted by molar-refractivity contribution is 7.89. The van der Waals surface area contributed by atoms with E-state index in [1.54, 1.807) is 6.07 Å². The number of morpholine rings is 1. The van der Waals surface area contributed by atoms with Gasteiger partial charge in [0.1, 0.15) is 4.90 Å². The largest absolute Gasteiger partial charge is 0.378 e. The lowest BCUT2D eigenvalue weighted by Gasteiger charge is -2.33. The summed E-state index contributed by atoms with van der Waals surface area (Å²) in [6.07, 6.45) is 2.88. The highest BCUT2D eigenvalue weighted by atomic mass is 35.5. The third kappa shape index (κ3) is 2.60. The average Bonchev–Trinajstić information content (AvgIpc) is 2.39. The first-order chi connectivity index (χ1) is 8.16. The van der Waals surface area contributed by atoms with Crippen molar-refractivity contribution in [1.29, 1.82) is 0 Å². The number of aromatic nitrogens is 1. The van der Waals surface area contributed by atoms with Crippen LogP contribution in [0.1, 0.15) is 0 Å². The standard InChI is InChI=1S/C10H13ClN2O3S/c11-6-9-8-16-5-4-13(9)17(14,15)10-2-1-3-12-7-10/h1-3,7,9H,4-6,8H2. The molecule has 2 heterocycles. The number of halogens is 1. The van der Waals surface area contributed by atoms with Crippen molar-refractivity contribution in [1.82, 2.24) is 9.29 Å². The molecule has 0 aliphatic carbocycles. The molecule has 5 nitrogen and oxygen atoms in total. The Morgan fingerprint density at radius 3 is 3.06 bits per heavy atom. The average molecular weight is 277 g/mol. The smallest absolute Gasteiger partial charge is 0.245 e. The van der Waals surface area contributed by atoms with Crippen molar-refractivity contribution < 1.29 is 13.2 Å². The Kier molecular flexibility index (Phi) is 3.98. The van der Waals surface area contributed by atoms with E-state index in [0.29, 0.717) is 19.8 Å². The zero-order valence-electron chi connectivity index (χ0n) is 9.12. The molecule has 0 saturated carbocycles. The Labute approximate surface area is 105 Å². The lowest BCUT2D eigenvalue weighted by Crippen LogP contribution is -2.49. The minimum absolute atomic E-state index is 0.192. The fraction of sp³-hybridized carbons (Fsp3) is 0.500. The van der Waals surface area contributed by atoms with Gasteiger partial charge in [0.25, 0.3) is 0 Å². The van der Waals surface area contributed by atoms with Crippen LogP contribution in [-0.2, 0) is 14.8 Å². The van der Waals surface area contributed by atoms with E-state index in [2.05, 4.69) is 4.98 Å². The summed E-state index contributed by atoms with van der Waals surface area (Å²) in [5.74, 6) is 0.222. The van der Waals surface area contributed by atoms with E-state index < -0.39 is 10.0 Å². The molecular weight excluding hydrogens is 264 g/mol. The van der Waals surface area contributed by atoms with Gasteiger partial charge < -0.3 is 4.74 Å². The molecule has 0 N–H and O–H groups in total. The maximum absolute atomic E-state index is 12.3. The summed E-state index contributed by atoms with van der Waals surface area (Å²) in [6, 6.07) is 2.82. The monoisotopic (exact) mass is 276 g/mol. The van der Waals surface area contributed by atoms with Gasteiger partial charge in [-0.3, -0.25) is 4.98 Å². The van der Waals surface area contributed by atoms with Crippen molar-refractivity contribution in [2.75, 3.05) is 25.6 Å². The first-order valence-electron chi connectivity index (χ1n) is 5.22. The van der Waals surface area contributed by atoms with E-state index in [1.165, 1.54) is 22.8 Å². The topological polar surface area (TPSA) is 59.5 Å². The van der Waals surface area contributed by atoms with E-state index in [-0.39, 0.29) is 16.8 Å². The van der Waals surface area contributed by atoms with Gasteiger partial charge in [-0.2, -0.15) is 4.31 Å². The lowest BCUT2D eigenvalue weighted by molar-refractivity contribution is 0.0404. The van der Waals surface area contributed by atoms with Crippen LogP contribution in [0.3, 0.4) is 0 Å². The zero-order valence-corrected chi connectivity index (χ0v) is 10.7. The SMILES string of the molecule is O=S(=O)(c1cccnc1)N1CCOCC1CCl. The molecule has 1 unspecified atom stereocenters. The van der Waals surface area contributed by atoms with Crippen LogP contribution in [0.25, 0.3) is 0 Å². The summed E-state index contributed by atoms with van der Waals surface area (Å²) in [4.78, 5) is 4.02. The van der Waals surface area contributed by atoms with Crippen molar-refractivity contribution in [3.63, 3.8) is 0 Å². The second kappa shape index (κ2) is 5.30. The quantitative estimate of drug-likeness (QED) is 0.763. The summed E-state index contributed by atoms with van der Waals surface area (Å²) < 4.78 is 31.3. The molecule has 7 heteroatoms. The van der Waals surface area contributed by atoms with Crippen molar-refractivity contribution in [3.8, 4) is 0 Å². The fourth-order valence-corrected chi connectivity index (χ4v) is 3.61. The van der Waals surface area contributed by atoms with E-state index >= 15 is 0 Å². The van der Waals surface area contributed by atoms with Gasteiger partial charge in [0.15, 0.2) is 0 Å². The number of alkyl halides is 1. The molecule has 0 amide bonds. The number of ether oxygens (including phenoxy) is 1. The molecule has 94 valence electrons. The van der Waals surface area contributed by atoms with Gasteiger partial charge in [-0.25, -0.2) is 8.42 Å². The predicted molar refractivity (Wildman–Crippen MR) is 63.5 cm³/mol. The minimum Gasteiger partial charge on any atom is -0.378 e. The highest BCUT2D eigenvalue weighted by Crippen LogP contribution is 2.20. The summed E-state index contributed by atoms with van der Waals surface area (Å²) in [6.45, 7) is 1.06. The minimum atomic E-state index is -3.52. The van der Waals surface area contributed by atoms with Crippen molar-refractivity contribution in [3.05, 3.63) is 24.5 Å². The predicted octanol–water partition coefficient (Wildman–Crippen LogP) is 0.710. The van der Waals surface area contributed by atoms with E-state index in [4.69, 9.17) is 16.3 Å². The normalized spacial score (nSPS) is 22.5. The molecule has 0 radical (unpaired) electrons. The third-order valence-corrected chi connectivity index (χ3v) is 4.88. The van der Waals surface area contributed by atoms with Crippen LogP contribution in [0.15, 0.2) is 29.4 Å². The fourth-order valence-electron chi connectivity index (χ4n) is 1.71. The van der Waals surface area contributed by atoms with Gasteiger partial charge in [-0.15, -0.1) is 11.6 Å². The van der Waals surface area contributed by atoms with E-state index in [9.17, 15) is 8.42 Å². The van der Waals surface area contributed by atoms with Crippen LogP contribution in [0.5, 0.6) is 0 Å². The Hall–Kier alpha value is -0.690. The molecule has 1 fully saturated rings. The first kappa shape index (κ1) is 12.8. The first-order valence-corrected chi connectivity index (χ1v) is 7.19. The number of rotatable bonds is 3. The lowest BCUT2D eigenvalue weighted by atomic mass is 10.3. The Morgan fingerprint density at radius 2 is 2.41 bits per heavy atom. The summed E-state index contributed by atoms with van der Waals surface area (Å²) in [5.41, 5.74) is 0. The molecule has 1 aromatic heterocycles. The maximum Gasteiger partial charge on any atom is 0.245 e. The van der Waals surface area contributed by atoms with Crippen LogP contribution in [0.4, 0.5) is 0 Å². The van der Waals surface area contributed by atoms with Crippen LogP contribution in [-0.4, -0.2) is 49.4 Å². The number of nitrogens with zero attached hydrogens (tertiary/aromatic N) is 2. The summed E-state index contributed by atoms with van der Waals surface area (Å²) in [7, 11) is -3.52. The molecule has 17 heavy (non-hydrogen) atoms. The molecule has 0 aromatic carbocycles. The molecule has 0 spiro atoms. The van der Waals surface area contributed by atoms with Crippen LogP contribution >= 0.6 is 11.6 Å². The zero-order chi connectivity index (χ0) is 12.3. The maximum atomic E-state index is 12.3. The summed E-state index contributed by atoms with van der Waals surface area (Å²) in [5, 5.41) is 0. The second-order valence-electron chi connectivity index (χ2n) is 3.69. The Balaban J connectivity index is 2.31. The Bertz CT molecular complexity index is 466. The van der Waals surface area contributed by atoms with Gasteiger partial charge in [-0.05, 0) is 12.1 Å². The highest BCUT2D eigenvalue weighted by Gasteiger charge is 2.33. The van der Waals surface area contributed by atoms with Gasteiger partial charge in [0, 0.05) is 24.8 Å². The van der Waals surface area contributed by atoms with Crippen LogP contribution < -0.4 is 0 Å². The van der Waals surface area contributed by atoms with E-state index in [0.717, 1.165) is 0 Å². The van der Waals surface area contributed by atoms with Gasteiger partial charge in [0.2, 0.25) is 10.0 Å². The molecule has 1 atom stereocenters. The number of hydrogen-bond donors (Lipinski definition) is 0. The van der Waals surface area contributed by atoms with Crippen molar-refractivity contribution >= 4 is 21.6 Å². The van der Waals surface area contributed by atoms with E-state index in [1.807, 2.05) is 0 Å². The molecule has 1 aliphatic rings. The molecule has 1 saturated heterocycles. The Morgan fingerprint density at radius 1 is 1.59 bits per heavy atom. The van der Waals surface area contributed by atoms with Gasteiger partial charge in [-0.1, -0.05) is 0 Å². The van der Waals surface area contributed by atoms with Gasteiger partial charge >= 0.3 is 0 Å². The van der Waals surface area contributed by atoms with Crippen molar-refractivity contribution in [2.24, 2.45) is 0 Å². The molecular formula is C10H13ClN2O3S. The number of hydrogen-bond acceptors (Lipinski definition) is 4. The van der Waals surface area contributed by atoms with Crippen LogP contribution in [0, 0.1) is 0 Å². The number of pyridine rings is 1. The third-order valence-electron chi connectivity index (χ3n) is 2.59. The summed E-state index contributed by atoms with van der Waals surface area (Å²) >= 11 is 5.77. The van der Waals surface area contributed by atoms with Crippen molar-refractivity contribution in [2.45, 2.75) is 10.9 Å².